The summed E-state index contributed by atoms with van der Waals surface area (Å²) in [5.74, 6) is 0.732. The Morgan fingerprint density at radius 2 is 2.00 bits per heavy atom. The number of H-pyrrole nitrogens is 1. The van der Waals surface area contributed by atoms with Gasteiger partial charge < -0.3 is 15.5 Å². The van der Waals surface area contributed by atoms with Gasteiger partial charge in [-0.15, -0.1) is 0 Å². The summed E-state index contributed by atoms with van der Waals surface area (Å²) in [5.41, 5.74) is 7.70. The van der Waals surface area contributed by atoms with Crippen LogP contribution in [0.25, 0.3) is 27.1 Å². The lowest BCUT2D eigenvalue weighted by molar-refractivity contribution is 0.362. The molecule has 0 radical (unpaired) electrons. The number of nitrogens with one attached hydrogen (secondary N) is 1. The predicted molar refractivity (Wildman–Crippen MR) is 107 cm³/mol. The monoisotopic (exact) mass is 401 g/mol. The van der Waals surface area contributed by atoms with Gasteiger partial charge in [0.2, 0.25) is 0 Å². The van der Waals surface area contributed by atoms with Crippen LogP contribution in [0.2, 0.25) is 10.0 Å². The maximum atomic E-state index is 7.59. The summed E-state index contributed by atoms with van der Waals surface area (Å²) in [4.78, 5) is 14.7. The summed E-state index contributed by atoms with van der Waals surface area (Å²) in [6.07, 6.45) is 1.68. The van der Waals surface area contributed by atoms with E-state index in [0.717, 1.165) is 25.9 Å². The van der Waals surface area contributed by atoms with Crippen molar-refractivity contribution in [3.8, 4) is 11.3 Å². The van der Waals surface area contributed by atoms with E-state index in [1.54, 1.807) is 12.1 Å². The third-order valence-corrected chi connectivity index (χ3v) is 5.72. The van der Waals surface area contributed by atoms with Crippen molar-refractivity contribution in [3.63, 3.8) is 0 Å². The summed E-state index contributed by atoms with van der Waals surface area (Å²) in [6.45, 7) is 11.1. The number of nitrogens with zero attached hydrogens (tertiary/aromatic N) is 5. The number of aromatic nitrogens is 4. The highest BCUT2D eigenvalue weighted by Gasteiger charge is 2.30. The molecule has 3 aromatic rings. The van der Waals surface area contributed by atoms with E-state index in [-0.39, 0.29) is 11.4 Å². The van der Waals surface area contributed by atoms with Gasteiger partial charge in [0.25, 0.3) is 5.82 Å². The number of fused-ring (bicyclic) bond motifs is 1. The van der Waals surface area contributed by atoms with Crippen LogP contribution < -0.4 is 10.6 Å². The van der Waals surface area contributed by atoms with Gasteiger partial charge in [-0.2, -0.15) is 10.1 Å². The van der Waals surface area contributed by atoms with Crippen LogP contribution in [0.1, 0.15) is 19.8 Å². The van der Waals surface area contributed by atoms with E-state index in [1.165, 1.54) is 0 Å². The van der Waals surface area contributed by atoms with Crippen LogP contribution in [-0.2, 0) is 0 Å². The van der Waals surface area contributed by atoms with E-state index in [4.69, 9.17) is 35.5 Å². The van der Waals surface area contributed by atoms with Crippen molar-refractivity contribution in [1.82, 2.24) is 20.2 Å². The van der Waals surface area contributed by atoms with Crippen molar-refractivity contribution >= 4 is 46.0 Å². The van der Waals surface area contributed by atoms with Crippen molar-refractivity contribution in [2.75, 3.05) is 18.0 Å². The molecule has 138 valence electrons. The fraction of sp³-hybridized carbons (Fsp3) is 0.333. The number of benzene rings is 1. The van der Waals surface area contributed by atoms with Crippen molar-refractivity contribution in [2.24, 2.45) is 5.73 Å². The Bertz CT molecular complexity index is 1060. The fourth-order valence-corrected chi connectivity index (χ4v) is 3.62. The Balaban J connectivity index is 1.81. The number of halogens is 2. The standard InChI is InChI=1S/C18H17Cl2N7/c1-18(21)6-8-27(9-7-18)17-23-15(22-2)12-14(25-26-16(12)24-17)10-4-3-5-11(19)13(10)20/h3-5H,6-9,21H2,1H3,(H,23,24,25,26). The molecular weight excluding hydrogens is 385 g/mol. The van der Waals surface area contributed by atoms with Gasteiger partial charge in [-0.3, -0.25) is 5.10 Å². The molecule has 1 fully saturated rings. The molecule has 0 saturated carbocycles. The predicted octanol–water partition coefficient (Wildman–Crippen LogP) is 4.20. The van der Waals surface area contributed by atoms with Crippen LogP contribution in [0.15, 0.2) is 18.2 Å². The number of hydrogen-bond donors (Lipinski definition) is 2. The SMILES string of the molecule is [C-]#[N+]c1nc(N2CCC(C)(N)CC2)nc2n[nH]c(-c3cccc(Cl)c3Cl)c12. The number of aromatic amines is 1. The van der Waals surface area contributed by atoms with Gasteiger partial charge in [0, 0.05) is 24.2 Å². The highest BCUT2D eigenvalue weighted by molar-refractivity contribution is 6.43. The molecule has 3 N–H and O–H groups in total. The molecule has 2 aromatic heterocycles. The Morgan fingerprint density at radius 1 is 1.26 bits per heavy atom. The lowest BCUT2D eigenvalue weighted by Gasteiger charge is -2.35. The molecule has 0 atom stereocenters. The summed E-state index contributed by atoms with van der Waals surface area (Å²) in [7, 11) is 0. The maximum absolute atomic E-state index is 7.59. The van der Waals surface area contributed by atoms with Gasteiger partial charge in [-0.25, -0.2) is 0 Å². The molecule has 3 heterocycles. The van der Waals surface area contributed by atoms with Gasteiger partial charge in [-0.1, -0.05) is 46.9 Å². The van der Waals surface area contributed by atoms with Crippen LogP contribution in [0, 0.1) is 6.57 Å². The smallest absolute Gasteiger partial charge is 0.324 e. The highest BCUT2D eigenvalue weighted by Crippen LogP contribution is 2.39. The Morgan fingerprint density at radius 3 is 2.70 bits per heavy atom. The molecule has 0 amide bonds. The first-order chi connectivity index (χ1) is 12.9. The molecule has 1 aliphatic rings. The molecule has 0 unspecified atom stereocenters. The van der Waals surface area contributed by atoms with E-state index in [1.807, 2.05) is 17.9 Å². The Hall–Kier alpha value is -2.40. The van der Waals surface area contributed by atoms with Crippen molar-refractivity contribution in [3.05, 3.63) is 39.7 Å². The first kappa shape index (κ1) is 18.0. The lowest BCUT2D eigenvalue weighted by Crippen LogP contribution is -2.48. The van der Waals surface area contributed by atoms with E-state index >= 15 is 0 Å². The average Bonchev–Trinajstić information content (AvgIpc) is 3.07. The summed E-state index contributed by atoms with van der Waals surface area (Å²) < 4.78 is 0. The summed E-state index contributed by atoms with van der Waals surface area (Å²) in [5, 5.41) is 8.58. The Kier molecular flexibility index (Phi) is 4.42. The minimum absolute atomic E-state index is 0.175. The van der Waals surface area contributed by atoms with E-state index in [2.05, 4.69) is 25.0 Å². The topological polar surface area (TPSA) is 88.1 Å². The van der Waals surface area contributed by atoms with Gasteiger partial charge >= 0.3 is 5.95 Å². The molecule has 1 saturated heterocycles. The second-order valence-electron chi connectivity index (χ2n) is 7.00. The normalized spacial score (nSPS) is 16.5. The van der Waals surface area contributed by atoms with Crippen LogP contribution in [-0.4, -0.2) is 38.8 Å². The number of piperidine rings is 1. The third-order valence-electron chi connectivity index (χ3n) is 4.90. The molecule has 0 aliphatic carbocycles. The largest absolute Gasteiger partial charge is 0.360 e. The average molecular weight is 402 g/mol. The zero-order chi connectivity index (χ0) is 19.2. The summed E-state index contributed by atoms with van der Waals surface area (Å²) in [6, 6.07) is 5.31. The molecule has 7 nitrogen and oxygen atoms in total. The molecule has 0 spiro atoms. The number of rotatable bonds is 2. The molecule has 4 rings (SSSR count). The first-order valence-electron chi connectivity index (χ1n) is 8.51. The van der Waals surface area contributed by atoms with Gasteiger partial charge in [0.15, 0.2) is 5.65 Å². The van der Waals surface area contributed by atoms with Crippen LogP contribution in [0.4, 0.5) is 11.8 Å². The van der Waals surface area contributed by atoms with Crippen molar-refractivity contribution in [1.29, 1.82) is 0 Å². The third kappa shape index (κ3) is 3.21. The van der Waals surface area contributed by atoms with Crippen molar-refractivity contribution < 1.29 is 0 Å². The van der Waals surface area contributed by atoms with E-state index < -0.39 is 0 Å². The molecule has 27 heavy (non-hydrogen) atoms. The minimum atomic E-state index is -0.175. The Labute approximate surface area is 166 Å². The van der Waals surface area contributed by atoms with Crippen LogP contribution in [0.5, 0.6) is 0 Å². The zero-order valence-corrected chi connectivity index (χ0v) is 16.1. The highest BCUT2D eigenvalue weighted by atomic mass is 35.5. The number of anilines is 1. The molecule has 9 heteroatoms. The minimum Gasteiger partial charge on any atom is -0.360 e. The van der Waals surface area contributed by atoms with Gasteiger partial charge in [-0.05, 0) is 25.8 Å². The van der Waals surface area contributed by atoms with Crippen LogP contribution in [0.3, 0.4) is 0 Å². The molecule has 0 bridgehead atoms. The second-order valence-corrected chi connectivity index (χ2v) is 7.78. The van der Waals surface area contributed by atoms with Crippen molar-refractivity contribution in [2.45, 2.75) is 25.3 Å². The van der Waals surface area contributed by atoms with Gasteiger partial charge in [0.05, 0.1) is 21.1 Å². The van der Waals surface area contributed by atoms with Gasteiger partial charge in [0.1, 0.15) is 0 Å². The van der Waals surface area contributed by atoms with Crippen LogP contribution >= 0.6 is 23.2 Å². The fourth-order valence-electron chi connectivity index (χ4n) is 3.23. The molecule has 1 aliphatic heterocycles. The number of nitrogens with two attached hydrogens (primary N) is 1. The molecule has 1 aromatic carbocycles. The van der Waals surface area contributed by atoms with E-state index in [9.17, 15) is 0 Å². The second kappa shape index (κ2) is 6.64. The molecular formula is C18H17Cl2N7. The first-order valence-corrected chi connectivity index (χ1v) is 9.27. The quantitative estimate of drug-likeness (QED) is 0.628. The zero-order valence-electron chi connectivity index (χ0n) is 14.6. The lowest BCUT2D eigenvalue weighted by atomic mass is 9.91. The van der Waals surface area contributed by atoms with E-state index in [0.29, 0.717) is 38.3 Å². The summed E-state index contributed by atoms with van der Waals surface area (Å²) >= 11 is 12.5. The maximum Gasteiger partial charge on any atom is 0.324 e. The number of hydrogen-bond acceptors (Lipinski definition) is 5.